The predicted octanol–water partition coefficient (Wildman–Crippen LogP) is 3.57. The molecule has 1 unspecified atom stereocenters. The minimum absolute atomic E-state index is 0.00926. The van der Waals surface area contributed by atoms with Crippen LogP contribution < -0.4 is 11.3 Å². The Kier molecular flexibility index (Phi) is 4.80. The first-order valence-corrected chi connectivity index (χ1v) is 5.77. The summed E-state index contributed by atoms with van der Waals surface area (Å²) in [5.74, 6) is 5.50. The van der Waals surface area contributed by atoms with Crippen molar-refractivity contribution in [3.63, 3.8) is 0 Å². The van der Waals surface area contributed by atoms with Gasteiger partial charge in [0.15, 0.2) is 0 Å². The van der Waals surface area contributed by atoms with Gasteiger partial charge in [-0.25, -0.2) is 5.43 Å². The SMILES string of the molecule is CC(C)=CC(NN)c1cc(Cl)cc(Br)c1. The first-order valence-electron chi connectivity index (χ1n) is 4.60. The lowest BCUT2D eigenvalue weighted by Crippen LogP contribution is -2.26. The van der Waals surface area contributed by atoms with E-state index in [4.69, 9.17) is 17.4 Å². The first kappa shape index (κ1) is 12.7. The molecule has 2 nitrogen and oxygen atoms in total. The van der Waals surface area contributed by atoms with Gasteiger partial charge in [0.25, 0.3) is 0 Å². The molecule has 0 heterocycles. The normalized spacial score (nSPS) is 12.3. The number of nitrogens with two attached hydrogens (primary N) is 1. The molecule has 0 fully saturated rings. The summed E-state index contributed by atoms with van der Waals surface area (Å²) in [6, 6.07) is 5.73. The van der Waals surface area contributed by atoms with Crippen LogP contribution in [0.15, 0.2) is 34.3 Å². The lowest BCUT2D eigenvalue weighted by Gasteiger charge is -2.13. The van der Waals surface area contributed by atoms with Crippen molar-refractivity contribution in [3.05, 3.63) is 44.9 Å². The van der Waals surface area contributed by atoms with Crippen molar-refractivity contribution in [1.29, 1.82) is 0 Å². The standard InChI is InChI=1S/C11H14BrClN2/c1-7(2)3-11(15-14)8-4-9(12)6-10(13)5-8/h3-6,11,15H,14H2,1-2H3. The third-order valence-electron chi connectivity index (χ3n) is 1.92. The number of halogens is 2. The number of hydrogen-bond donors (Lipinski definition) is 2. The molecule has 3 N–H and O–H groups in total. The Labute approximate surface area is 104 Å². The molecule has 1 rings (SSSR count). The minimum atomic E-state index is -0.00926. The van der Waals surface area contributed by atoms with E-state index in [0.29, 0.717) is 5.02 Å². The van der Waals surface area contributed by atoms with Crippen LogP contribution in [0, 0.1) is 0 Å². The Morgan fingerprint density at radius 2 is 2.13 bits per heavy atom. The summed E-state index contributed by atoms with van der Waals surface area (Å²) < 4.78 is 0.951. The highest BCUT2D eigenvalue weighted by molar-refractivity contribution is 9.10. The van der Waals surface area contributed by atoms with E-state index in [1.54, 1.807) is 0 Å². The van der Waals surface area contributed by atoms with Gasteiger partial charge in [-0.3, -0.25) is 5.84 Å². The molecule has 82 valence electrons. The van der Waals surface area contributed by atoms with Crippen LogP contribution in [0.5, 0.6) is 0 Å². The van der Waals surface area contributed by atoms with E-state index in [-0.39, 0.29) is 6.04 Å². The lowest BCUT2D eigenvalue weighted by atomic mass is 10.1. The second-order valence-corrected chi connectivity index (χ2v) is 4.94. The number of benzene rings is 1. The van der Waals surface area contributed by atoms with Gasteiger partial charge in [0.05, 0.1) is 6.04 Å². The number of rotatable bonds is 3. The fourth-order valence-electron chi connectivity index (χ4n) is 1.33. The van der Waals surface area contributed by atoms with Gasteiger partial charge in [-0.1, -0.05) is 39.2 Å². The van der Waals surface area contributed by atoms with Crippen LogP contribution in [0.1, 0.15) is 25.5 Å². The van der Waals surface area contributed by atoms with E-state index in [0.717, 1.165) is 10.0 Å². The maximum Gasteiger partial charge on any atom is 0.0644 e. The van der Waals surface area contributed by atoms with Gasteiger partial charge in [0.2, 0.25) is 0 Å². The predicted molar refractivity (Wildman–Crippen MR) is 68.6 cm³/mol. The van der Waals surface area contributed by atoms with Crippen LogP contribution >= 0.6 is 27.5 Å². The average Bonchev–Trinajstić information content (AvgIpc) is 2.12. The largest absolute Gasteiger partial charge is 0.271 e. The Hall–Kier alpha value is -0.350. The fraction of sp³-hybridized carbons (Fsp3) is 0.273. The van der Waals surface area contributed by atoms with E-state index in [9.17, 15) is 0 Å². The number of hydrogen-bond acceptors (Lipinski definition) is 2. The van der Waals surface area contributed by atoms with Crippen molar-refractivity contribution in [2.75, 3.05) is 0 Å². The first-order chi connectivity index (χ1) is 7.02. The summed E-state index contributed by atoms with van der Waals surface area (Å²) in [7, 11) is 0. The molecular formula is C11H14BrClN2. The van der Waals surface area contributed by atoms with E-state index in [2.05, 4.69) is 27.4 Å². The molecule has 0 spiro atoms. The molecule has 15 heavy (non-hydrogen) atoms. The Bertz CT molecular complexity index is 353. The van der Waals surface area contributed by atoms with Gasteiger partial charge >= 0.3 is 0 Å². The summed E-state index contributed by atoms with van der Waals surface area (Å²) in [6.45, 7) is 4.06. The van der Waals surface area contributed by atoms with Crippen molar-refractivity contribution >= 4 is 27.5 Å². The van der Waals surface area contributed by atoms with Crippen LogP contribution in [0.2, 0.25) is 5.02 Å². The maximum absolute atomic E-state index is 5.97. The molecule has 1 aromatic carbocycles. The highest BCUT2D eigenvalue weighted by Gasteiger charge is 2.07. The smallest absolute Gasteiger partial charge is 0.0644 e. The molecule has 1 atom stereocenters. The van der Waals surface area contributed by atoms with Crippen LogP contribution in [-0.2, 0) is 0 Å². The number of nitrogens with one attached hydrogen (secondary N) is 1. The molecular weight excluding hydrogens is 275 g/mol. The summed E-state index contributed by atoms with van der Waals surface area (Å²) in [5.41, 5.74) is 4.99. The van der Waals surface area contributed by atoms with E-state index >= 15 is 0 Å². The van der Waals surface area contributed by atoms with Crippen molar-refractivity contribution in [1.82, 2.24) is 5.43 Å². The second-order valence-electron chi connectivity index (χ2n) is 3.59. The van der Waals surface area contributed by atoms with Gasteiger partial charge in [0, 0.05) is 9.50 Å². The Balaban J connectivity index is 3.07. The van der Waals surface area contributed by atoms with Gasteiger partial charge in [-0.05, 0) is 37.6 Å². The van der Waals surface area contributed by atoms with Gasteiger partial charge < -0.3 is 0 Å². The zero-order valence-corrected chi connectivity index (χ0v) is 11.1. The molecule has 4 heteroatoms. The molecule has 0 aromatic heterocycles. The molecule has 0 radical (unpaired) electrons. The molecule has 0 saturated heterocycles. The minimum Gasteiger partial charge on any atom is -0.271 e. The zero-order chi connectivity index (χ0) is 11.4. The molecule has 0 saturated carbocycles. The highest BCUT2D eigenvalue weighted by atomic mass is 79.9. The van der Waals surface area contributed by atoms with E-state index in [1.165, 1.54) is 5.57 Å². The van der Waals surface area contributed by atoms with Crippen LogP contribution in [0.3, 0.4) is 0 Å². The summed E-state index contributed by atoms with van der Waals surface area (Å²) in [6.07, 6.45) is 2.05. The van der Waals surface area contributed by atoms with E-state index in [1.807, 2.05) is 32.0 Å². The summed E-state index contributed by atoms with van der Waals surface area (Å²) >= 11 is 9.37. The monoisotopic (exact) mass is 288 g/mol. The topological polar surface area (TPSA) is 38.0 Å². The molecule has 0 aliphatic carbocycles. The van der Waals surface area contributed by atoms with Crippen molar-refractivity contribution in [3.8, 4) is 0 Å². The van der Waals surface area contributed by atoms with Gasteiger partial charge in [-0.15, -0.1) is 0 Å². The quantitative estimate of drug-likeness (QED) is 0.507. The maximum atomic E-state index is 5.97. The van der Waals surface area contributed by atoms with Crippen LogP contribution in [0.4, 0.5) is 0 Å². The van der Waals surface area contributed by atoms with Gasteiger partial charge in [0.1, 0.15) is 0 Å². The van der Waals surface area contributed by atoms with Crippen molar-refractivity contribution in [2.45, 2.75) is 19.9 Å². The fourth-order valence-corrected chi connectivity index (χ4v) is 2.21. The molecule has 0 amide bonds. The Morgan fingerprint density at radius 1 is 1.47 bits per heavy atom. The molecule has 1 aromatic rings. The van der Waals surface area contributed by atoms with E-state index < -0.39 is 0 Å². The zero-order valence-electron chi connectivity index (χ0n) is 8.72. The number of hydrazine groups is 1. The second kappa shape index (κ2) is 5.66. The summed E-state index contributed by atoms with van der Waals surface area (Å²) in [4.78, 5) is 0. The lowest BCUT2D eigenvalue weighted by molar-refractivity contribution is 0.651. The average molecular weight is 290 g/mol. The van der Waals surface area contributed by atoms with Crippen LogP contribution in [-0.4, -0.2) is 0 Å². The van der Waals surface area contributed by atoms with Crippen LogP contribution in [0.25, 0.3) is 0 Å². The molecule has 0 aliphatic rings. The molecule has 0 bridgehead atoms. The highest BCUT2D eigenvalue weighted by Crippen LogP contribution is 2.24. The van der Waals surface area contributed by atoms with Gasteiger partial charge in [-0.2, -0.15) is 0 Å². The van der Waals surface area contributed by atoms with Crippen molar-refractivity contribution < 1.29 is 0 Å². The Morgan fingerprint density at radius 3 is 2.60 bits per heavy atom. The number of allylic oxidation sites excluding steroid dienone is 1. The molecule has 0 aliphatic heterocycles. The summed E-state index contributed by atoms with van der Waals surface area (Å²) in [5, 5.41) is 0.696. The van der Waals surface area contributed by atoms with Crippen molar-refractivity contribution in [2.24, 2.45) is 5.84 Å². The third kappa shape index (κ3) is 3.95. The third-order valence-corrected chi connectivity index (χ3v) is 2.60.